The Kier molecular flexibility index (Phi) is 5.23. The zero-order chi connectivity index (χ0) is 13.7. The maximum atomic E-state index is 12.4. The molecule has 3 nitrogen and oxygen atoms in total. The Hall–Kier alpha value is -1.06. The van der Waals surface area contributed by atoms with Crippen LogP contribution in [0.3, 0.4) is 0 Å². The van der Waals surface area contributed by atoms with Gasteiger partial charge in [-0.05, 0) is 25.3 Å². The summed E-state index contributed by atoms with van der Waals surface area (Å²) >= 11 is 5.81. The van der Waals surface area contributed by atoms with Gasteiger partial charge in [-0.2, -0.15) is 0 Å². The molecule has 1 amide bonds. The van der Waals surface area contributed by atoms with Gasteiger partial charge >= 0.3 is 0 Å². The summed E-state index contributed by atoms with van der Waals surface area (Å²) in [6, 6.07) is 9.97. The summed E-state index contributed by atoms with van der Waals surface area (Å²) in [6.45, 7) is 3.17. The summed E-state index contributed by atoms with van der Waals surface area (Å²) in [7, 11) is 0. The highest BCUT2D eigenvalue weighted by Crippen LogP contribution is 2.21. The van der Waals surface area contributed by atoms with Gasteiger partial charge in [0.2, 0.25) is 0 Å². The molecule has 1 fully saturated rings. The largest absolute Gasteiger partial charge is 0.365 e. The average molecular weight is 282 g/mol. The molecule has 0 bridgehead atoms. The molecule has 1 heterocycles. The minimum atomic E-state index is -0.290. The lowest BCUT2D eigenvalue weighted by Crippen LogP contribution is -2.39. The Balaban J connectivity index is 2.01. The fourth-order valence-electron chi connectivity index (χ4n) is 2.36. The van der Waals surface area contributed by atoms with Crippen molar-refractivity contribution in [3.63, 3.8) is 0 Å². The van der Waals surface area contributed by atoms with Crippen LogP contribution >= 0.6 is 11.6 Å². The first-order valence-electron chi connectivity index (χ1n) is 6.75. The normalized spacial score (nSPS) is 22.4. The molecule has 2 rings (SSSR count). The molecule has 0 spiro atoms. The number of benzene rings is 1. The van der Waals surface area contributed by atoms with Gasteiger partial charge in [-0.25, -0.2) is 0 Å². The number of halogens is 1. The quantitative estimate of drug-likeness (QED) is 0.777. The molecule has 2 unspecified atom stereocenters. The number of hydrogen-bond acceptors (Lipinski definition) is 2. The van der Waals surface area contributed by atoms with Crippen LogP contribution in [-0.4, -0.2) is 35.4 Å². The first-order valence-corrected chi connectivity index (χ1v) is 7.28. The SMILES string of the molecule is CC1CCC(C(=O)N(CCCl)Cc2ccccc2)O1. The van der Waals surface area contributed by atoms with E-state index in [0.29, 0.717) is 19.0 Å². The van der Waals surface area contributed by atoms with Gasteiger partial charge in [0, 0.05) is 19.0 Å². The van der Waals surface area contributed by atoms with Crippen molar-refractivity contribution in [2.45, 2.75) is 38.5 Å². The number of carbonyl (C=O) groups is 1. The summed E-state index contributed by atoms with van der Waals surface area (Å²) in [6.07, 6.45) is 1.66. The zero-order valence-corrected chi connectivity index (χ0v) is 12.0. The Labute approximate surface area is 119 Å². The van der Waals surface area contributed by atoms with E-state index in [2.05, 4.69) is 0 Å². The molecule has 1 aliphatic heterocycles. The molecular weight excluding hydrogens is 262 g/mol. The predicted molar refractivity (Wildman–Crippen MR) is 76.1 cm³/mol. The third-order valence-electron chi connectivity index (χ3n) is 3.39. The maximum Gasteiger partial charge on any atom is 0.252 e. The lowest BCUT2D eigenvalue weighted by atomic mass is 10.1. The van der Waals surface area contributed by atoms with E-state index in [4.69, 9.17) is 16.3 Å². The van der Waals surface area contributed by atoms with Gasteiger partial charge in [0.05, 0.1) is 6.10 Å². The second-order valence-electron chi connectivity index (χ2n) is 4.95. The molecule has 0 aliphatic carbocycles. The molecule has 4 heteroatoms. The van der Waals surface area contributed by atoms with Crippen LogP contribution < -0.4 is 0 Å². The van der Waals surface area contributed by atoms with Crippen LogP contribution in [0.15, 0.2) is 30.3 Å². The molecule has 0 N–H and O–H groups in total. The van der Waals surface area contributed by atoms with Crippen molar-refractivity contribution in [1.82, 2.24) is 4.90 Å². The third kappa shape index (κ3) is 3.95. The van der Waals surface area contributed by atoms with Gasteiger partial charge < -0.3 is 9.64 Å². The van der Waals surface area contributed by atoms with Crippen molar-refractivity contribution >= 4 is 17.5 Å². The number of alkyl halides is 1. The number of hydrogen-bond donors (Lipinski definition) is 0. The van der Waals surface area contributed by atoms with Gasteiger partial charge in [0.15, 0.2) is 0 Å². The number of amides is 1. The molecule has 0 saturated carbocycles. The van der Waals surface area contributed by atoms with Crippen molar-refractivity contribution < 1.29 is 9.53 Å². The van der Waals surface area contributed by atoms with Gasteiger partial charge in [-0.3, -0.25) is 4.79 Å². The van der Waals surface area contributed by atoms with Crippen LogP contribution in [0.1, 0.15) is 25.3 Å². The molecule has 2 atom stereocenters. The minimum absolute atomic E-state index is 0.0638. The molecule has 1 aromatic rings. The van der Waals surface area contributed by atoms with Crippen LogP contribution in [0.5, 0.6) is 0 Å². The number of ether oxygens (including phenoxy) is 1. The summed E-state index contributed by atoms with van der Waals surface area (Å²) in [5, 5.41) is 0. The van der Waals surface area contributed by atoms with Crippen LogP contribution in [0.2, 0.25) is 0 Å². The molecule has 1 aliphatic rings. The zero-order valence-electron chi connectivity index (χ0n) is 11.2. The van der Waals surface area contributed by atoms with E-state index >= 15 is 0 Å². The first-order chi connectivity index (χ1) is 9.20. The van der Waals surface area contributed by atoms with E-state index < -0.39 is 0 Å². The Bertz CT molecular complexity index is 410. The molecule has 0 radical (unpaired) electrons. The van der Waals surface area contributed by atoms with Crippen molar-refractivity contribution in [3.05, 3.63) is 35.9 Å². The summed E-state index contributed by atoms with van der Waals surface area (Å²) in [4.78, 5) is 14.2. The topological polar surface area (TPSA) is 29.5 Å². The summed E-state index contributed by atoms with van der Waals surface area (Å²) < 4.78 is 5.65. The van der Waals surface area contributed by atoms with Crippen molar-refractivity contribution in [3.8, 4) is 0 Å². The van der Waals surface area contributed by atoms with Crippen molar-refractivity contribution in [1.29, 1.82) is 0 Å². The molecule has 19 heavy (non-hydrogen) atoms. The highest BCUT2D eigenvalue weighted by molar-refractivity contribution is 6.18. The van der Waals surface area contributed by atoms with E-state index in [9.17, 15) is 4.79 Å². The molecular formula is C15H20ClNO2. The predicted octanol–water partition coefficient (Wildman–Crippen LogP) is 2.82. The lowest BCUT2D eigenvalue weighted by molar-refractivity contribution is -0.143. The van der Waals surface area contributed by atoms with Gasteiger partial charge in [-0.15, -0.1) is 11.6 Å². The summed E-state index contributed by atoms with van der Waals surface area (Å²) in [5.41, 5.74) is 1.12. The second-order valence-corrected chi connectivity index (χ2v) is 5.33. The van der Waals surface area contributed by atoms with Crippen LogP contribution in [0.25, 0.3) is 0 Å². The van der Waals surface area contributed by atoms with Crippen LogP contribution in [0.4, 0.5) is 0 Å². The third-order valence-corrected chi connectivity index (χ3v) is 3.56. The van der Waals surface area contributed by atoms with Crippen molar-refractivity contribution in [2.24, 2.45) is 0 Å². The fourth-order valence-corrected chi connectivity index (χ4v) is 2.56. The molecule has 1 aromatic carbocycles. The van der Waals surface area contributed by atoms with E-state index in [1.807, 2.05) is 37.3 Å². The fraction of sp³-hybridized carbons (Fsp3) is 0.533. The molecule has 1 saturated heterocycles. The van der Waals surface area contributed by atoms with Gasteiger partial charge in [0.1, 0.15) is 6.10 Å². The van der Waals surface area contributed by atoms with Crippen molar-refractivity contribution in [2.75, 3.05) is 12.4 Å². The lowest BCUT2D eigenvalue weighted by Gasteiger charge is -2.25. The van der Waals surface area contributed by atoms with E-state index in [0.717, 1.165) is 18.4 Å². The van der Waals surface area contributed by atoms with Crippen LogP contribution in [-0.2, 0) is 16.1 Å². The second kappa shape index (κ2) is 6.92. The molecule has 0 aromatic heterocycles. The number of carbonyl (C=O) groups excluding carboxylic acids is 1. The monoisotopic (exact) mass is 281 g/mol. The Morgan fingerprint density at radius 3 is 2.68 bits per heavy atom. The number of rotatable bonds is 5. The standard InChI is InChI=1S/C15H20ClNO2/c1-12-7-8-14(19-12)15(18)17(10-9-16)11-13-5-3-2-4-6-13/h2-6,12,14H,7-11H2,1H3. The first kappa shape index (κ1) is 14.4. The minimum Gasteiger partial charge on any atom is -0.365 e. The Morgan fingerprint density at radius 2 is 2.11 bits per heavy atom. The number of nitrogens with zero attached hydrogens (tertiary/aromatic N) is 1. The highest BCUT2D eigenvalue weighted by atomic mass is 35.5. The van der Waals surface area contributed by atoms with Crippen LogP contribution in [0, 0.1) is 0 Å². The maximum absolute atomic E-state index is 12.4. The summed E-state index contributed by atoms with van der Waals surface area (Å²) in [5.74, 6) is 0.509. The molecule has 104 valence electrons. The Morgan fingerprint density at radius 1 is 1.37 bits per heavy atom. The average Bonchev–Trinajstić information content (AvgIpc) is 2.85. The highest BCUT2D eigenvalue weighted by Gasteiger charge is 2.31. The smallest absolute Gasteiger partial charge is 0.252 e. The van der Waals surface area contributed by atoms with E-state index in [-0.39, 0.29) is 18.1 Å². The van der Waals surface area contributed by atoms with Gasteiger partial charge in [0.25, 0.3) is 5.91 Å². The van der Waals surface area contributed by atoms with E-state index in [1.165, 1.54) is 0 Å². The van der Waals surface area contributed by atoms with Gasteiger partial charge in [-0.1, -0.05) is 30.3 Å². The van der Waals surface area contributed by atoms with E-state index in [1.54, 1.807) is 4.90 Å².